The summed E-state index contributed by atoms with van der Waals surface area (Å²) in [6.07, 6.45) is 3.08. The van der Waals surface area contributed by atoms with Gasteiger partial charge < -0.3 is 10.4 Å². The lowest BCUT2D eigenvalue weighted by atomic mass is 10.2. The number of carbonyl (C=O) groups is 1. The van der Waals surface area contributed by atoms with E-state index in [0.29, 0.717) is 11.3 Å². The maximum Gasteiger partial charge on any atom is 0.258 e. The van der Waals surface area contributed by atoms with Gasteiger partial charge >= 0.3 is 0 Å². The van der Waals surface area contributed by atoms with Crippen molar-refractivity contribution in [3.05, 3.63) is 41.7 Å². The Balaban J connectivity index is 2.18. The number of nitrogens with zero attached hydrogens (tertiary/aromatic N) is 2. The monoisotopic (exact) mass is 231 g/mol. The van der Waals surface area contributed by atoms with Crippen molar-refractivity contribution in [3.63, 3.8) is 0 Å². The van der Waals surface area contributed by atoms with Gasteiger partial charge in [-0.1, -0.05) is 6.07 Å². The summed E-state index contributed by atoms with van der Waals surface area (Å²) in [6, 6.07) is 5.08. The van der Waals surface area contributed by atoms with Gasteiger partial charge in [-0.15, -0.1) is 0 Å². The zero-order chi connectivity index (χ0) is 12.4. The number of anilines is 1. The Bertz CT molecular complexity index is 561. The first-order chi connectivity index (χ1) is 8.06. The summed E-state index contributed by atoms with van der Waals surface area (Å²) < 4.78 is 1.55. The van der Waals surface area contributed by atoms with Crippen molar-refractivity contribution >= 4 is 11.6 Å². The van der Waals surface area contributed by atoms with Crippen LogP contribution in [0.25, 0.3) is 0 Å². The highest BCUT2D eigenvalue weighted by atomic mass is 16.3. The fraction of sp³-hybridized carbons (Fsp3) is 0.167. The normalized spacial score (nSPS) is 10.2. The van der Waals surface area contributed by atoms with Crippen LogP contribution in [0.1, 0.15) is 15.9 Å². The number of carbonyl (C=O) groups excluding carboxylic acids is 1. The third kappa shape index (κ3) is 2.44. The van der Waals surface area contributed by atoms with Gasteiger partial charge in [0.1, 0.15) is 5.75 Å². The molecule has 2 N–H and O–H groups in total. The lowest BCUT2D eigenvalue weighted by Crippen LogP contribution is -2.11. The number of hydrogen-bond donors (Lipinski definition) is 2. The molecular weight excluding hydrogens is 218 g/mol. The predicted octanol–water partition coefficient (Wildman–Crippen LogP) is 1.69. The number of rotatable bonds is 2. The molecule has 1 aromatic heterocycles. The molecule has 5 nitrogen and oxygen atoms in total. The molecule has 0 unspecified atom stereocenters. The maximum atomic E-state index is 11.8. The minimum atomic E-state index is -0.294. The summed E-state index contributed by atoms with van der Waals surface area (Å²) >= 11 is 0. The van der Waals surface area contributed by atoms with E-state index in [1.54, 1.807) is 30.1 Å². The second-order valence-electron chi connectivity index (χ2n) is 3.88. The summed E-state index contributed by atoms with van der Waals surface area (Å²) in [5, 5.41) is 16.2. The Labute approximate surface area is 98.7 Å². The summed E-state index contributed by atoms with van der Waals surface area (Å²) in [6.45, 7) is 1.87. The van der Waals surface area contributed by atoms with Crippen LogP contribution in [0.5, 0.6) is 5.75 Å². The lowest BCUT2D eigenvalue weighted by Gasteiger charge is -2.06. The molecular formula is C12H13N3O2. The molecule has 2 aromatic rings. The van der Waals surface area contributed by atoms with Crippen LogP contribution in [0.3, 0.4) is 0 Å². The summed E-state index contributed by atoms with van der Waals surface area (Å²) in [5.41, 5.74) is 1.78. The number of aromatic nitrogens is 2. The summed E-state index contributed by atoms with van der Waals surface area (Å²) in [5.74, 6) is -0.237. The van der Waals surface area contributed by atoms with Gasteiger partial charge in [0, 0.05) is 13.2 Å². The quantitative estimate of drug-likeness (QED) is 0.773. The molecule has 2 rings (SSSR count). The van der Waals surface area contributed by atoms with E-state index in [-0.39, 0.29) is 11.7 Å². The average Bonchev–Trinajstić information content (AvgIpc) is 2.69. The third-order valence-corrected chi connectivity index (χ3v) is 2.37. The SMILES string of the molecule is Cc1ccc(NC(=O)c2cnn(C)c2)c(O)c1. The highest BCUT2D eigenvalue weighted by Gasteiger charge is 2.10. The Hall–Kier alpha value is -2.30. The van der Waals surface area contributed by atoms with E-state index in [1.807, 2.05) is 13.0 Å². The minimum Gasteiger partial charge on any atom is -0.506 e. The number of benzene rings is 1. The van der Waals surface area contributed by atoms with Gasteiger partial charge in [0.05, 0.1) is 17.4 Å². The van der Waals surface area contributed by atoms with Crippen LogP contribution in [0.4, 0.5) is 5.69 Å². The maximum absolute atomic E-state index is 11.8. The fourth-order valence-electron chi connectivity index (χ4n) is 1.48. The Kier molecular flexibility index (Phi) is 2.82. The molecule has 1 heterocycles. The smallest absolute Gasteiger partial charge is 0.258 e. The summed E-state index contributed by atoms with van der Waals surface area (Å²) in [7, 11) is 1.74. The van der Waals surface area contributed by atoms with Crippen molar-refractivity contribution in [1.29, 1.82) is 0 Å². The molecule has 0 saturated heterocycles. The molecule has 0 bridgehead atoms. The van der Waals surface area contributed by atoms with Crippen LogP contribution < -0.4 is 5.32 Å². The van der Waals surface area contributed by atoms with Crippen molar-refractivity contribution in [3.8, 4) is 5.75 Å². The molecule has 0 radical (unpaired) electrons. The molecule has 1 aromatic carbocycles. The van der Waals surface area contributed by atoms with Crippen LogP contribution in [0, 0.1) is 6.92 Å². The van der Waals surface area contributed by atoms with E-state index >= 15 is 0 Å². The van der Waals surface area contributed by atoms with Crippen LogP contribution in [-0.2, 0) is 7.05 Å². The number of nitrogens with one attached hydrogen (secondary N) is 1. The molecule has 17 heavy (non-hydrogen) atoms. The summed E-state index contributed by atoms with van der Waals surface area (Å²) in [4.78, 5) is 11.8. The topological polar surface area (TPSA) is 67.2 Å². The Morgan fingerprint density at radius 3 is 2.82 bits per heavy atom. The van der Waals surface area contributed by atoms with Gasteiger partial charge in [0.15, 0.2) is 0 Å². The number of phenolic OH excluding ortho intramolecular Hbond substituents is 1. The average molecular weight is 231 g/mol. The van der Waals surface area contributed by atoms with Crippen molar-refractivity contribution in [2.45, 2.75) is 6.92 Å². The van der Waals surface area contributed by atoms with E-state index in [2.05, 4.69) is 10.4 Å². The standard InChI is InChI=1S/C12H13N3O2/c1-8-3-4-10(11(16)5-8)14-12(17)9-6-13-15(2)7-9/h3-7,16H,1-2H3,(H,14,17). The van der Waals surface area contributed by atoms with Crippen LogP contribution in [0.15, 0.2) is 30.6 Å². The van der Waals surface area contributed by atoms with Crippen LogP contribution in [-0.4, -0.2) is 20.8 Å². The number of phenols is 1. The molecule has 0 aliphatic carbocycles. The van der Waals surface area contributed by atoms with E-state index < -0.39 is 0 Å². The molecule has 0 saturated carbocycles. The van der Waals surface area contributed by atoms with Crippen molar-refractivity contribution in [1.82, 2.24) is 9.78 Å². The molecule has 0 aliphatic heterocycles. The molecule has 0 spiro atoms. The van der Waals surface area contributed by atoms with Gasteiger partial charge in [0.25, 0.3) is 5.91 Å². The Morgan fingerprint density at radius 2 is 2.24 bits per heavy atom. The second-order valence-corrected chi connectivity index (χ2v) is 3.88. The van der Waals surface area contributed by atoms with E-state index in [0.717, 1.165) is 5.56 Å². The van der Waals surface area contributed by atoms with Gasteiger partial charge in [0.2, 0.25) is 0 Å². The van der Waals surface area contributed by atoms with Crippen LogP contribution >= 0.6 is 0 Å². The van der Waals surface area contributed by atoms with E-state index in [9.17, 15) is 9.90 Å². The van der Waals surface area contributed by atoms with E-state index in [4.69, 9.17) is 0 Å². The van der Waals surface area contributed by atoms with Crippen molar-refractivity contribution in [2.24, 2.45) is 7.05 Å². The highest BCUT2D eigenvalue weighted by molar-refractivity contribution is 6.04. The number of aromatic hydroxyl groups is 1. The van der Waals surface area contributed by atoms with Gasteiger partial charge in [-0.3, -0.25) is 9.48 Å². The minimum absolute atomic E-state index is 0.0576. The van der Waals surface area contributed by atoms with Gasteiger partial charge in [-0.25, -0.2) is 0 Å². The first-order valence-electron chi connectivity index (χ1n) is 5.16. The van der Waals surface area contributed by atoms with Gasteiger partial charge in [-0.2, -0.15) is 5.10 Å². The first kappa shape index (κ1) is 11.2. The highest BCUT2D eigenvalue weighted by Crippen LogP contribution is 2.24. The number of aryl methyl sites for hydroxylation is 2. The van der Waals surface area contributed by atoms with Crippen molar-refractivity contribution < 1.29 is 9.90 Å². The first-order valence-corrected chi connectivity index (χ1v) is 5.16. The van der Waals surface area contributed by atoms with Gasteiger partial charge in [-0.05, 0) is 24.6 Å². The predicted molar refractivity (Wildman–Crippen MR) is 64.0 cm³/mol. The fourth-order valence-corrected chi connectivity index (χ4v) is 1.48. The molecule has 0 aliphatic rings. The second kappa shape index (κ2) is 4.29. The molecule has 0 atom stereocenters. The zero-order valence-corrected chi connectivity index (χ0v) is 9.64. The zero-order valence-electron chi connectivity index (χ0n) is 9.64. The van der Waals surface area contributed by atoms with E-state index in [1.165, 1.54) is 6.20 Å². The molecule has 5 heteroatoms. The molecule has 88 valence electrons. The molecule has 1 amide bonds. The van der Waals surface area contributed by atoms with Crippen LogP contribution in [0.2, 0.25) is 0 Å². The largest absolute Gasteiger partial charge is 0.506 e. The third-order valence-electron chi connectivity index (χ3n) is 2.37. The lowest BCUT2D eigenvalue weighted by molar-refractivity contribution is 0.102. The number of amides is 1. The molecule has 0 fully saturated rings. The Morgan fingerprint density at radius 1 is 1.47 bits per heavy atom. The van der Waals surface area contributed by atoms with Crippen molar-refractivity contribution in [2.75, 3.05) is 5.32 Å². The number of hydrogen-bond acceptors (Lipinski definition) is 3.